The van der Waals surface area contributed by atoms with E-state index in [-0.39, 0.29) is 0 Å². The highest BCUT2D eigenvalue weighted by Crippen LogP contribution is 2.14. The van der Waals surface area contributed by atoms with Crippen molar-refractivity contribution >= 4 is 23.4 Å². The molecular formula is C19H24ClN5O2S. The predicted octanol–water partition coefficient (Wildman–Crippen LogP) is 3.64. The van der Waals surface area contributed by atoms with Crippen LogP contribution in [0.3, 0.4) is 0 Å². The van der Waals surface area contributed by atoms with E-state index in [4.69, 9.17) is 11.6 Å². The highest BCUT2D eigenvalue weighted by atomic mass is 35.5. The molecule has 0 radical (unpaired) electrons. The van der Waals surface area contributed by atoms with Crippen LogP contribution in [0.5, 0.6) is 0 Å². The molecule has 0 fully saturated rings. The van der Waals surface area contributed by atoms with Gasteiger partial charge >= 0.3 is 0 Å². The molecule has 0 saturated carbocycles. The number of nitrogens with one attached hydrogen (secondary N) is 2. The summed E-state index contributed by atoms with van der Waals surface area (Å²) in [7, 11) is 0. The molecule has 2 N–H and O–H groups in total. The van der Waals surface area contributed by atoms with E-state index in [1.54, 1.807) is 24.2 Å². The first kappa shape index (κ1) is 22.0. The van der Waals surface area contributed by atoms with Gasteiger partial charge in [0, 0.05) is 43.2 Å². The van der Waals surface area contributed by atoms with Crippen molar-refractivity contribution in [3.8, 4) is 0 Å². The summed E-state index contributed by atoms with van der Waals surface area (Å²) in [5.74, 6) is 2.14. The first-order valence-corrected chi connectivity index (χ1v) is 10.6. The average Bonchev–Trinajstić information content (AvgIpc) is 2.69. The molecule has 2 aromatic heterocycles. The molecule has 2 rings (SSSR count). The van der Waals surface area contributed by atoms with Crippen LogP contribution in [0.2, 0.25) is 5.02 Å². The number of hydrogen-bond acceptors (Lipinski definition) is 7. The normalized spacial score (nSPS) is 11.2. The highest BCUT2D eigenvalue weighted by Gasteiger charge is 2.04. The lowest BCUT2D eigenvalue weighted by Gasteiger charge is -2.11. The number of unbranched alkanes of at least 4 members (excludes halogenated alkanes) is 1. The molecule has 2 heterocycles. The first-order valence-electron chi connectivity index (χ1n) is 9.04. The number of hydrogen-bond donors (Lipinski definition) is 2. The minimum atomic E-state index is -0.453. The number of thioether (sulfide) groups is 1. The van der Waals surface area contributed by atoms with E-state index in [1.807, 2.05) is 30.5 Å². The summed E-state index contributed by atoms with van der Waals surface area (Å²) in [6, 6.07) is 7.59. The number of aromatic nitrogens is 2. The fourth-order valence-electron chi connectivity index (χ4n) is 2.43. The Balaban J connectivity index is 1.63. The third kappa shape index (κ3) is 9.05. The lowest BCUT2D eigenvalue weighted by molar-refractivity contribution is -0.404. The van der Waals surface area contributed by atoms with Gasteiger partial charge in [-0.3, -0.25) is 20.1 Å². The second-order valence-corrected chi connectivity index (χ2v) is 7.50. The fourth-order valence-corrected chi connectivity index (χ4v) is 3.45. The van der Waals surface area contributed by atoms with Gasteiger partial charge in [0.15, 0.2) is 5.82 Å². The monoisotopic (exact) mass is 421 g/mol. The van der Waals surface area contributed by atoms with Crippen LogP contribution in [0.4, 0.5) is 0 Å². The van der Waals surface area contributed by atoms with Crippen molar-refractivity contribution < 1.29 is 4.92 Å². The third-order valence-electron chi connectivity index (χ3n) is 3.78. The first-order chi connectivity index (χ1) is 13.6. The maximum atomic E-state index is 10.8. The van der Waals surface area contributed by atoms with Crippen LogP contribution in [-0.4, -0.2) is 33.7 Å². The Kier molecular flexibility index (Phi) is 10.2. The van der Waals surface area contributed by atoms with Crippen LogP contribution in [0.25, 0.3) is 0 Å². The number of rotatable bonds is 13. The van der Waals surface area contributed by atoms with E-state index in [0.717, 1.165) is 42.7 Å². The lowest BCUT2D eigenvalue weighted by Crippen LogP contribution is -2.29. The van der Waals surface area contributed by atoms with Crippen molar-refractivity contribution in [1.29, 1.82) is 0 Å². The van der Waals surface area contributed by atoms with E-state index < -0.39 is 4.92 Å². The van der Waals surface area contributed by atoms with Crippen molar-refractivity contribution in [2.75, 3.05) is 18.8 Å². The zero-order valence-corrected chi connectivity index (χ0v) is 17.1. The highest BCUT2D eigenvalue weighted by molar-refractivity contribution is 7.98. The maximum absolute atomic E-state index is 10.8. The number of nitro groups is 1. The summed E-state index contributed by atoms with van der Waals surface area (Å²) in [5, 5.41) is 17.7. The molecular weight excluding hydrogens is 398 g/mol. The van der Waals surface area contributed by atoms with Gasteiger partial charge in [0.25, 0.3) is 6.20 Å². The van der Waals surface area contributed by atoms with Crippen LogP contribution in [0.1, 0.15) is 24.1 Å². The molecule has 0 aliphatic carbocycles. The van der Waals surface area contributed by atoms with Crippen LogP contribution in [-0.2, 0) is 12.2 Å². The molecule has 0 aromatic carbocycles. The fraction of sp³-hybridized carbons (Fsp3) is 0.368. The van der Waals surface area contributed by atoms with Gasteiger partial charge in [-0.25, -0.2) is 0 Å². The Labute approximate surface area is 174 Å². The zero-order valence-electron chi connectivity index (χ0n) is 15.5. The quantitative estimate of drug-likeness (QED) is 0.289. The molecule has 0 saturated heterocycles. The van der Waals surface area contributed by atoms with Gasteiger partial charge < -0.3 is 10.6 Å². The van der Waals surface area contributed by atoms with Gasteiger partial charge in [-0.1, -0.05) is 17.7 Å². The largest absolute Gasteiger partial charge is 0.367 e. The van der Waals surface area contributed by atoms with Gasteiger partial charge in [-0.15, -0.1) is 0 Å². The zero-order chi connectivity index (χ0) is 20.0. The molecule has 0 bridgehead atoms. The summed E-state index contributed by atoms with van der Waals surface area (Å²) in [5.41, 5.74) is 2.05. The third-order valence-corrected chi connectivity index (χ3v) is 5.15. The van der Waals surface area contributed by atoms with Crippen molar-refractivity contribution in [2.24, 2.45) is 0 Å². The minimum absolute atomic E-state index is 0.433. The molecule has 0 spiro atoms. The molecule has 9 heteroatoms. The van der Waals surface area contributed by atoms with Gasteiger partial charge in [0.2, 0.25) is 0 Å². The maximum Gasteiger partial charge on any atom is 0.274 e. The van der Waals surface area contributed by atoms with Gasteiger partial charge in [0.1, 0.15) is 0 Å². The van der Waals surface area contributed by atoms with Gasteiger partial charge in [-0.05, 0) is 43.0 Å². The molecule has 0 unspecified atom stereocenters. The Morgan fingerprint density at radius 2 is 2.04 bits per heavy atom. The number of pyridine rings is 2. The molecule has 0 amide bonds. The van der Waals surface area contributed by atoms with Crippen LogP contribution in [0.15, 0.2) is 54.9 Å². The molecule has 2 aromatic rings. The SMILES string of the molecule is O=[N+]([O-])C=C(NCCCCc1ncccc1Cl)NCCSCc1cccnc1. The Morgan fingerprint density at radius 1 is 1.21 bits per heavy atom. The minimum Gasteiger partial charge on any atom is -0.367 e. The second kappa shape index (κ2) is 13.0. The average molecular weight is 422 g/mol. The van der Waals surface area contributed by atoms with Crippen LogP contribution < -0.4 is 10.6 Å². The Morgan fingerprint density at radius 3 is 2.79 bits per heavy atom. The van der Waals surface area contributed by atoms with E-state index in [1.165, 1.54) is 5.56 Å². The Bertz CT molecular complexity index is 761. The number of aryl methyl sites for hydroxylation is 1. The summed E-state index contributed by atoms with van der Waals surface area (Å²) < 4.78 is 0. The summed E-state index contributed by atoms with van der Waals surface area (Å²) in [4.78, 5) is 18.7. The summed E-state index contributed by atoms with van der Waals surface area (Å²) >= 11 is 7.84. The molecule has 7 nitrogen and oxygen atoms in total. The van der Waals surface area contributed by atoms with E-state index in [9.17, 15) is 10.1 Å². The lowest BCUT2D eigenvalue weighted by atomic mass is 10.2. The van der Waals surface area contributed by atoms with Crippen molar-refractivity contribution in [3.05, 3.63) is 81.3 Å². The van der Waals surface area contributed by atoms with E-state index >= 15 is 0 Å². The van der Waals surface area contributed by atoms with Crippen molar-refractivity contribution in [2.45, 2.75) is 25.0 Å². The molecule has 0 atom stereocenters. The summed E-state index contributed by atoms with van der Waals surface area (Å²) in [6.45, 7) is 1.28. The molecule has 0 aliphatic heterocycles. The topological polar surface area (TPSA) is 93.0 Å². The smallest absolute Gasteiger partial charge is 0.274 e. The molecule has 28 heavy (non-hydrogen) atoms. The Hall–Kier alpha value is -2.32. The number of nitrogens with zero attached hydrogens (tertiary/aromatic N) is 3. The standard InChI is InChI=1S/C19H24ClN5O2S/c20-17-6-4-10-22-18(17)7-1-2-9-23-19(14-25(26)27)24-11-12-28-15-16-5-3-8-21-13-16/h3-6,8,10,13-14,23-24H,1-2,7,9,11-12,15H2. The summed E-state index contributed by atoms with van der Waals surface area (Å²) in [6.07, 6.45) is 8.85. The van der Waals surface area contributed by atoms with Gasteiger partial charge in [0.05, 0.1) is 15.6 Å². The molecule has 0 aliphatic rings. The van der Waals surface area contributed by atoms with Crippen molar-refractivity contribution in [1.82, 2.24) is 20.6 Å². The molecule has 150 valence electrons. The van der Waals surface area contributed by atoms with Gasteiger partial charge in [-0.2, -0.15) is 11.8 Å². The predicted molar refractivity (Wildman–Crippen MR) is 114 cm³/mol. The van der Waals surface area contributed by atoms with E-state index in [0.29, 0.717) is 23.9 Å². The van der Waals surface area contributed by atoms with Crippen LogP contribution in [0, 0.1) is 10.1 Å². The van der Waals surface area contributed by atoms with E-state index in [2.05, 4.69) is 20.6 Å². The second-order valence-electron chi connectivity index (χ2n) is 5.98. The van der Waals surface area contributed by atoms with Crippen LogP contribution >= 0.6 is 23.4 Å². The number of halogens is 1. The van der Waals surface area contributed by atoms with Crippen molar-refractivity contribution in [3.63, 3.8) is 0 Å².